The van der Waals surface area contributed by atoms with Crippen LogP contribution in [0.1, 0.15) is 12.5 Å². The summed E-state index contributed by atoms with van der Waals surface area (Å²) in [4.78, 5) is 0. The normalized spacial score (nSPS) is 11.7. The summed E-state index contributed by atoms with van der Waals surface area (Å²) in [6.07, 6.45) is 1.73. The summed E-state index contributed by atoms with van der Waals surface area (Å²) in [5, 5.41) is 0. The van der Waals surface area contributed by atoms with Crippen molar-refractivity contribution in [3.63, 3.8) is 0 Å². The summed E-state index contributed by atoms with van der Waals surface area (Å²) in [6.45, 7) is 1.80. The fraction of sp³-hybridized carbons (Fsp3) is 0.0476. The zero-order valence-corrected chi connectivity index (χ0v) is 15.2. The van der Waals surface area contributed by atoms with E-state index in [0.717, 1.165) is 5.56 Å². The van der Waals surface area contributed by atoms with Crippen LogP contribution in [0, 0.1) is 0 Å². The van der Waals surface area contributed by atoms with E-state index in [1.165, 1.54) is 0 Å². The topological polar surface area (TPSA) is 44.8 Å². The highest BCUT2D eigenvalue weighted by atomic mass is 31.2. The smallest absolute Gasteiger partial charge is 0.386 e. The Bertz CT molecular complexity index is 848. The van der Waals surface area contributed by atoms with Crippen LogP contribution in [0.3, 0.4) is 0 Å². The molecule has 0 spiro atoms. The van der Waals surface area contributed by atoms with E-state index in [4.69, 9.17) is 13.6 Å². The minimum Gasteiger partial charge on any atom is -0.386 e. The molecule has 132 valence electrons. The molecule has 0 saturated heterocycles. The van der Waals surface area contributed by atoms with Crippen molar-refractivity contribution in [3.8, 4) is 11.5 Å². The third-order valence-electron chi connectivity index (χ3n) is 3.45. The van der Waals surface area contributed by atoms with Gasteiger partial charge < -0.3 is 13.6 Å². The Balaban J connectivity index is 1.90. The van der Waals surface area contributed by atoms with E-state index in [-0.39, 0.29) is 0 Å². The highest BCUT2D eigenvalue weighted by molar-refractivity contribution is 7.49. The fourth-order valence-electron chi connectivity index (χ4n) is 2.27. The van der Waals surface area contributed by atoms with Gasteiger partial charge in [-0.25, -0.2) is 0 Å². The molecule has 5 heteroatoms. The Morgan fingerprint density at radius 2 is 1.15 bits per heavy atom. The van der Waals surface area contributed by atoms with Crippen LogP contribution in [0.15, 0.2) is 97.1 Å². The lowest BCUT2D eigenvalue weighted by molar-refractivity contribution is 0.284. The number of rotatable bonds is 7. The van der Waals surface area contributed by atoms with Crippen LogP contribution in [-0.4, -0.2) is 0 Å². The molecule has 0 saturated carbocycles. The van der Waals surface area contributed by atoms with Crippen molar-refractivity contribution in [1.29, 1.82) is 0 Å². The van der Waals surface area contributed by atoms with Crippen LogP contribution in [0.4, 0.5) is 0 Å². The van der Waals surface area contributed by atoms with E-state index >= 15 is 0 Å². The average Bonchev–Trinajstić information content (AvgIpc) is 2.68. The number of phosphoric ester groups is 1. The quantitative estimate of drug-likeness (QED) is 0.362. The molecule has 0 heterocycles. The molecule has 3 rings (SSSR count). The number of para-hydroxylation sites is 2. The van der Waals surface area contributed by atoms with Gasteiger partial charge in [-0.3, -0.25) is 0 Å². The van der Waals surface area contributed by atoms with Crippen molar-refractivity contribution in [2.45, 2.75) is 6.92 Å². The van der Waals surface area contributed by atoms with Crippen molar-refractivity contribution in [2.24, 2.45) is 0 Å². The molecule has 0 amide bonds. The van der Waals surface area contributed by atoms with E-state index < -0.39 is 7.82 Å². The minimum atomic E-state index is -3.97. The summed E-state index contributed by atoms with van der Waals surface area (Å²) >= 11 is 0. The lowest BCUT2D eigenvalue weighted by Gasteiger charge is -2.21. The number of phosphoric acid groups is 1. The maximum Gasteiger partial charge on any atom is 0.647 e. The Hall–Kier alpha value is -2.97. The van der Waals surface area contributed by atoms with Gasteiger partial charge >= 0.3 is 7.82 Å². The van der Waals surface area contributed by atoms with Crippen molar-refractivity contribution in [1.82, 2.24) is 0 Å². The first-order valence-corrected chi connectivity index (χ1v) is 9.65. The largest absolute Gasteiger partial charge is 0.647 e. The molecule has 0 unspecified atom stereocenters. The zero-order valence-electron chi connectivity index (χ0n) is 14.3. The third-order valence-corrected chi connectivity index (χ3v) is 4.74. The summed E-state index contributed by atoms with van der Waals surface area (Å²) in [5.74, 6) is 1.21. The highest BCUT2D eigenvalue weighted by Crippen LogP contribution is 2.52. The van der Waals surface area contributed by atoms with E-state index in [0.29, 0.717) is 17.3 Å². The van der Waals surface area contributed by atoms with Gasteiger partial charge in [0.15, 0.2) is 0 Å². The molecule has 0 aliphatic carbocycles. The van der Waals surface area contributed by atoms with E-state index in [9.17, 15) is 4.57 Å². The van der Waals surface area contributed by atoms with Crippen LogP contribution < -0.4 is 9.05 Å². The first kappa shape index (κ1) is 17.8. The van der Waals surface area contributed by atoms with Crippen molar-refractivity contribution >= 4 is 13.6 Å². The summed E-state index contributed by atoms with van der Waals surface area (Å²) < 4.78 is 30.4. The van der Waals surface area contributed by atoms with Gasteiger partial charge in [0.05, 0.1) is 0 Å². The van der Waals surface area contributed by atoms with Gasteiger partial charge in [-0.1, -0.05) is 66.7 Å². The molecule has 0 aliphatic rings. The fourth-order valence-corrected chi connectivity index (χ4v) is 3.60. The minimum absolute atomic E-state index is 0.398. The molecule has 0 N–H and O–H groups in total. The van der Waals surface area contributed by atoms with Crippen LogP contribution in [0.2, 0.25) is 0 Å². The second kappa shape index (κ2) is 8.41. The lowest BCUT2D eigenvalue weighted by atomic mass is 10.2. The van der Waals surface area contributed by atoms with Gasteiger partial charge in [-0.15, -0.1) is 0 Å². The molecule has 0 fully saturated rings. The second-order valence-corrected chi connectivity index (χ2v) is 6.81. The molecule has 0 atom stereocenters. The van der Waals surface area contributed by atoms with Crippen LogP contribution >= 0.6 is 7.82 Å². The van der Waals surface area contributed by atoms with Crippen molar-refractivity contribution < 1.29 is 18.1 Å². The lowest BCUT2D eigenvalue weighted by Crippen LogP contribution is -2.05. The van der Waals surface area contributed by atoms with Crippen LogP contribution in [0.25, 0.3) is 5.76 Å². The van der Waals surface area contributed by atoms with Crippen LogP contribution in [-0.2, 0) is 9.09 Å². The highest BCUT2D eigenvalue weighted by Gasteiger charge is 2.34. The standard InChI is InChI=1S/C21H19O4P/c1-2-21(18-12-6-3-7-13-18)25-26(22,23-19-14-8-4-9-15-19)24-20-16-10-5-11-17-20/h2-17H,1H3. The molecule has 4 nitrogen and oxygen atoms in total. The summed E-state index contributed by atoms with van der Waals surface area (Å²) in [5.41, 5.74) is 0.781. The molecule has 0 bridgehead atoms. The molecule has 3 aromatic rings. The third kappa shape index (κ3) is 4.78. The van der Waals surface area contributed by atoms with Gasteiger partial charge in [0.25, 0.3) is 0 Å². The maximum absolute atomic E-state index is 13.4. The van der Waals surface area contributed by atoms with E-state index in [2.05, 4.69) is 0 Å². The number of allylic oxidation sites excluding steroid dienone is 1. The molecule has 0 aromatic heterocycles. The second-order valence-electron chi connectivity index (χ2n) is 5.37. The van der Waals surface area contributed by atoms with Crippen molar-refractivity contribution in [3.05, 3.63) is 103 Å². The van der Waals surface area contributed by atoms with E-state index in [1.807, 2.05) is 42.5 Å². The Labute approximate surface area is 153 Å². The molecule has 3 aromatic carbocycles. The Kier molecular flexibility index (Phi) is 5.77. The van der Waals surface area contributed by atoms with Gasteiger partial charge in [0, 0.05) is 5.56 Å². The first-order chi connectivity index (χ1) is 12.7. The summed E-state index contributed by atoms with van der Waals surface area (Å²) in [6, 6.07) is 27.0. The van der Waals surface area contributed by atoms with E-state index in [1.54, 1.807) is 61.5 Å². The maximum atomic E-state index is 13.4. The van der Waals surface area contributed by atoms with Crippen molar-refractivity contribution in [2.75, 3.05) is 0 Å². The molecular formula is C21H19O4P. The van der Waals surface area contributed by atoms with Gasteiger partial charge in [0.1, 0.15) is 17.3 Å². The monoisotopic (exact) mass is 366 g/mol. The predicted molar refractivity (Wildman–Crippen MR) is 103 cm³/mol. The zero-order chi connectivity index (χ0) is 18.2. The Morgan fingerprint density at radius 3 is 1.58 bits per heavy atom. The molecular weight excluding hydrogens is 347 g/mol. The van der Waals surface area contributed by atoms with Crippen LogP contribution in [0.5, 0.6) is 11.5 Å². The summed E-state index contributed by atoms with van der Waals surface area (Å²) in [7, 11) is -3.97. The van der Waals surface area contributed by atoms with Gasteiger partial charge in [-0.2, -0.15) is 4.57 Å². The number of hydrogen-bond donors (Lipinski definition) is 0. The van der Waals surface area contributed by atoms with Gasteiger partial charge in [-0.05, 0) is 37.3 Å². The number of benzene rings is 3. The average molecular weight is 366 g/mol. The first-order valence-electron chi connectivity index (χ1n) is 8.19. The Morgan fingerprint density at radius 1 is 0.731 bits per heavy atom. The molecule has 0 radical (unpaired) electrons. The predicted octanol–water partition coefficient (Wildman–Crippen LogP) is 6.33. The molecule has 0 aliphatic heterocycles. The molecule has 26 heavy (non-hydrogen) atoms. The number of hydrogen-bond acceptors (Lipinski definition) is 4. The SMILES string of the molecule is CC=C(OP(=O)(Oc1ccccc1)Oc1ccccc1)c1ccccc1. The van der Waals surface area contributed by atoms with Gasteiger partial charge in [0.2, 0.25) is 0 Å².